The standard InChI is InChI=1S/C25H25FN4O3/c1-4-32-24-12-18(8-9-23(24)33-15-19-6-5-7-21(26)11-19)14-28-30-25-22(13-27)20(16-31-3)10-17(2)29-25/h5-12,14H,4,15-16H2,1-3H3,(H,29,30). The number of aromatic nitrogens is 1. The van der Waals surface area contributed by atoms with Crippen molar-refractivity contribution in [1.82, 2.24) is 4.98 Å². The Labute approximate surface area is 192 Å². The fourth-order valence-corrected chi connectivity index (χ4v) is 3.16. The van der Waals surface area contributed by atoms with Gasteiger partial charge in [-0.25, -0.2) is 9.37 Å². The number of benzene rings is 2. The lowest BCUT2D eigenvalue weighted by atomic mass is 10.1. The number of methoxy groups -OCH3 is 1. The van der Waals surface area contributed by atoms with Crippen LogP contribution in [-0.2, 0) is 18.0 Å². The molecule has 0 bridgehead atoms. The Morgan fingerprint density at radius 2 is 1.97 bits per heavy atom. The van der Waals surface area contributed by atoms with Crippen molar-refractivity contribution in [3.05, 3.63) is 82.3 Å². The Hall–Kier alpha value is -3.96. The Morgan fingerprint density at radius 3 is 2.70 bits per heavy atom. The van der Waals surface area contributed by atoms with Gasteiger partial charge in [-0.15, -0.1) is 0 Å². The van der Waals surface area contributed by atoms with Gasteiger partial charge in [-0.05, 0) is 61.4 Å². The summed E-state index contributed by atoms with van der Waals surface area (Å²) in [6, 6.07) is 15.6. The maximum atomic E-state index is 13.4. The molecule has 0 aliphatic heterocycles. The molecule has 0 aliphatic rings. The fraction of sp³-hybridized carbons (Fsp3) is 0.240. The highest BCUT2D eigenvalue weighted by Gasteiger charge is 2.11. The summed E-state index contributed by atoms with van der Waals surface area (Å²) >= 11 is 0. The summed E-state index contributed by atoms with van der Waals surface area (Å²) in [5.41, 5.74) is 6.19. The number of rotatable bonds is 10. The highest BCUT2D eigenvalue weighted by atomic mass is 19.1. The molecule has 0 aliphatic carbocycles. The van der Waals surface area contributed by atoms with E-state index in [0.29, 0.717) is 36.1 Å². The molecule has 0 atom stereocenters. The van der Waals surface area contributed by atoms with E-state index in [1.165, 1.54) is 12.1 Å². The summed E-state index contributed by atoms with van der Waals surface area (Å²) < 4.78 is 30.1. The number of nitriles is 1. The highest BCUT2D eigenvalue weighted by Crippen LogP contribution is 2.29. The number of anilines is 1. The number of hydrogen-bond acceptors (Lipinski definition) is 7. The van der Waals surface area contributed by atoms with Gasteiger partial charge < -0.3 is 14.2 Å². The van der Waals surface area contributed by atoms with Gasteiger partial charge in [0.15, 0.2) is 17.3 Å². The van der Waals surface area contributed by atoms with E-state index in [4.69, 9.17) is 14.2 Å². The summed E-state index contributed by atoms with van der Waals surface area (Å²) in [5, 5.41) is 13.7. The van der Waals surface area contributed by atoms with Crippen molar-refractivity contribution in [3.8, 4) is 17.6 Å². The molecule has 0 saturated heterocycles. The van der Waals surface area contributed by atoms with Crippen LogP contribution >= 0.6 is 0 Å². The van der Waals surface area contributed by atoms with Crippen LogP contribution in [0.3, 0.4) is 0 Å². The molecular formula is C25H25FN4O3. The van der Waals surface area contributed by atoms with Gasteiger partial charge in [-0.2, -0.15) is 10.4 Å². The van der Waals surface area contributed by atoms with E-state index < -0.39 is 0 Å². The third kappa shape index (κ3) is 6.51. The molecular weight excluding hydrogens is 423 g/mol. The number of aryl methyl sites for hydroxylation is 1. The van der Waals surface area contributed by atoms with Crippen LogP contribution in [0.1, 0.15) is 34.9 Å². The van der Waals surface area contributed by atoms with E-state index in [9.17, 15) is 9.65 Å². The number of hydrogen-bond donors (Lipinski definition) is 1. The van der Waals surface area contributed by atoms with Gasteiger partial charge in [-0.3, -0.25) is 5.43 Å². The molecule has 3 rings (SSSR count). The van der Waals surface area contributed by atoms with Crippen LogP contribution < -0.4 is 14.9 Å². The first kappa shape index (κ1) is 23.7. The molecule has 0 radical (unpaired) electrons. The zero-order chi connectivity index (χ0) is 23.6. The van der Waals surface area contributed by atoms with Gasteiger partial charge in [0, 0.05) is 18.4 Å². The summed E-state index contributed by atoms with van der Waals surface area (Å²) in [5.74, 6) is 1.15. The molecule has 0 fully saturated rings. The molecule has 1 N–H and O–H groups in total. The van der Waals surface area contributed by atoms with Crippen LogP contribution in [0.15, 0.2) is 53.6 Å². The van der Waals surface area contributed by atoms with E-state index in [1.54, 1.807) is 37.6 Å². The first-order valence-corrected chi connectivity index (χ1v) is 10.4. The number of ether oxygens (including phenoxy) is 3. The second-order valence-electron chi connectivity index (χ2n) is 7.12. The molecule has 0 saturated carbocycles. The van der Waals surface area contributed by atoms with Crippen LogP contribution in [0.2, 0.25) is 0 Å². The molecule has 170 valence electrons. The van der Waals surface area contributed by atoms with Gasteiger partial charge in [-0.1, -0.05) is 12.1 Å². The van der Waals surface area contributed by atoms with Crippen molar-refractivity contribution in [2.75, 3.05) is 19.1 Å². The molecule has 0 spiro atoms. The van der Waals surface area contributed by atoms with Crippen LogP contribution in [0.5, 0.6) is 11.5 Å². The third-order valence-corrected chi connectivity index (χ3v) is 4.58. The maximum absolute atomic E-state index is 13.4. The average molecular weight is 448 g/mol. The van der Waals surface area contributed by atoms with Crippen LogP contribution in [0, 0.1) is 24.1 Å². The first-order chi connectivity index (χ1) is 16.0. The molecule has 0 amide bonds. The molecule has 3 aromatic rings. The lowest BCUT2D eigenvalue weighted by Gasteiger charge is -2.13. The van der Waals surface area contributed by atoms with Crippen molar-refractivity contribution >= 4 is 12.0 Å². The second kappa shape index (κ2) is 11.6. The summed E-state index contributed by atoms with van der Waals surface area (Å²) in [4.78, 5) is 4.36. The summed E-state index contributed by atoms with van der Waals surface area (Å²) in [7, 11) is 1.57. The topological polar surface area (TPSA) is 88.8 Å². The van der Waals surface area contributed by atoms with Gasteiger partial charge in [0.2, 0.25) is 0 Å². The Kier molecular flexibility index (Phi) is 8.33. The highest BCUT2D eigenvalue weighted by molar-refractivity contribution is 5.81. The predicted molar refractivity (Wildman–Crippen MR) is 124 cm³/mol. The van der Waals surface area contributed by atoms with Gasteiger partial charge in [0.25, 0.3) is 0 Å². The van der Waals surface area contributed by atoms with E-state index >= 15 is 0 Å². The minimum Gasteiger partial charge on any atom is -0.490 e. The monoisotopic (exact) mass is 448 g/mol. The number of nitrogens with zero attached hydrogens (tertiary/aromatic N) is 3. The summed E-state index contributed by atoms with van der Waals surface area (Å²) in [6.07, 6.45) is 1.60. The van der Waals surface area contributed by atoms with E-state index in [0.717, 1.165) is 22.4 Å². The van der Waals surface area contributed by atoms with Gasteiger partial charge in [0.05, 0.1) is 19.4 Å². The van der Waals surface area contributed by atoms with E-state index in [-0.39, 0.29) is 12.4 Å². The Morgan fingerprint density at radius 1 is 1.12 bits per heavy atom. The third-order valence-electron chi connectivity index (χ3n) is 4.58. The van der Waals surface area contributed by atoms with Crippen LogP contribution in [0.25, 0.3) is 0 Å². The molecule has 1 heterocycles. The number of nitrogens with one attached hydrogen (secondary N) is 1. The minimum absolute atomic E-state index is 0.215. The molecule has 2 aromatic carbocycles. The quantitative estimate of drug-likeness (QED) is 0.348. The lowest BCUT2D eigenvalue weighted by Crippen LogP contribution is -2.04. The predicted octanol–water partition coefficient (Wildman–Crippen LogP) is 4.97. The minimum atomic E-state index is -0.308. The maximum Gasteiger partial charge on any atom is 0.164 e. The van der Waals surface area contributed by atoms with Crippen molar-refractivity contribution in [2.24, 2.45) is 5.10 Å². The van der Waals surface area contributed by atoms with Crippen LogP contribution in [0.4, 0.5) is 10.2 Å². The number of hydrazone groups is 1. The normalized spacial score (nSPS) is 10.8. The molecule has 1 aromatic heterocycles. The Balaban J connectivity index is 1.75. The average Bonchev–Trinajstić information content (AvgIpc) is 2.79. The number of pyridine rings is 1. The smallest absolute Gasteiger partial charge is 0.164 e. The van der Waals surface area contributed by atoms with Gasteiger partial charge in [0.1, 0.15) is 24.1 Å². The van der Waals surface area contributed by atoms with Crippen molar-refractivity contribution in [1.29, 1.82) is 5.26 Å². The SMILES string of the molecule is CCOc1cc(C=NNc2nc(C)cc(COC)c2C#N)ccc1OCc1cccc(F)c1. The number of halogens is 1. The zero-order valence-electron chi connectivity index (χ0n) is 18.8. The van der Waals surface area contributed by atoms with Crippen LogP contribution in [-0.4, -0.2) is 24.9 Å². The largest absolute Gasteiger partial charge is 0.490 e. The molecule has 7 nitrogen and oxygen atoms in total. The first-order valence-electron chi connectivity index (χ1n) is 10.4. The zero-order valence-corrected chi connectivity index (χ0v) is 18.8. The lowest BCUT2D eigenvalue weighted by molar-refractivity contribution is 0.184. The summed E-state index contributed by atoms with van der Waals surface area (Å²) in [6.45, 7) is 4.69. The Bertz CT molecular complexity index is 1170. The second-order valence-corrected chi connectivity index (χ2v) is 7.12. The molecule has 0 unspecified atom stereocenters. The van der Waals surface area contributed by atoms with Crippen molar-refractivity contribution in [2.45, 2.75) is 27.1 Å². The fourth-order valence-electron chi connectivity index (χ4n) is 3.16. The van der Waals surface area contributed by atoms with Crippen molar-refractivity contribution in [3.63, 3.8) is 0 Å². The molecule has 33 heavy (non-hydrogen) atoms. The van der Waals surface area contributed by atoms with Gasteiger partial charge >= 0.3 is 0 Å². The van der Waals surface area contributed by atoms with E-state index in [2.05, 4.69) is 21.6 Å². The van der Waals surface area contributed by atoms with E-state index in [1.807, 2.05) is 26.0 Å². The molecule has 8 heteroatoms. The van der Waals surface area contributed by atoms with Crippen molar-refractivity contribution < 1.29 is 18.6 Å².